The summed E-state index contributed by atoms with van der Waals surface area (Å²) in [5, 5.41) is 4.36. The van der Waals surface area contributed by atoms with Crippen LogP contribution in [0, 0.1) is 0 Å². The highest BCUT2D eigenvalue weighted by Crippen LogP contribution is 2.23. The van der Waals surface area contributed by atoms with Crippen molar-refractivity contribution in [3.05, 3.63) is 0 Å². The summed E-state index contributed by atoms with van der Waals surface area (Å²) >= 11 is 0. The maximum atomic E-state index is 4.36. The average molecular weight is 153 g/mol. The fourth-order valence-corrected chi connectivity index (χ4v) is 2.26. The van der Waals surface area contributed by atoms with E-state index in [2.05, 4.69) is 10.2 Å². The lowest BCUT2D eigenvalue weighted by Gasteiger charge is -2.31. The van der Waals surface area contributed by atoms with Crippen LogP contribution < -0.4 is 5.32 Å². The normalized spacial score (nSPS) is 29.5. The van der Waals surface area contributed by atoms with Gasteiger partial charge in [0, 0.05) is 32.2 Å². The molecule has 1 aliphatic carbocycles. The van der Waals surface area contributed by atoms with Crippen LogP contribution in [0.25, 0.3) is 0 Å². The Morgan fingerprint density at radius 2 is 1.64 bits per heavy atom. The monoisotopic (exact) mass is 153 g/mol. The summed E-state index contributed by atoms with van der Waals surface area (Å²) in [5.41, 5.74) is 0. The number of hydrogen-bond donors (Lipinski definition) is 0. The Balaban J connectivity index is 1.82. The minimum atomic E-state index is 0.922. The van der Waals surface area contributed by atoms with Crippen LogP contribution in [0.5, 0.6) is 0 Å². The summed E-state index contributed by atoms with van der Waals surface area (Å²) in [5.74, 6) is 0. The zero-order chi connectivity index (χ0) is 7.52. The molecule has 1 heterocycles. The summed E-state index contributed by atoms with van der Waals surface area (Å²) in [7, 11) is 0. The first-order valence-corrected chi connectivity index (χ1v) is 4.84. The van der Waals surface area contributed by atoms with Gasteiger partial charge in [-0.1, -0.05) is 12.8 Å². The summed E-state index contributed by atoms with van der Waals surface area (Å²) in [6.45, 7) is 4.61. The van der Waals surface area contributed by atoms with Crippen molar-refractivity contribution in [2.24, 2.45) is 0 Å². The SMILES string of the molecule is C1CCC(N2CC[N]CC2)C1. The van der Waals surface area contributed by atoms with E-state index < -0.39 is 0 Å². The van der Waals surface area contributed by atoms with Gasteiger partial charge in [0.1, 0.15) is 0 Å². The van der Waals surface area contributed by atoms with Crippen molar-refractivity contribution >= 4 is 0 Å². The maximum Gasteiger partial charge on any atom is 0.0261 e. The van der Waals surface area contributed by atoms with Crippen molar-refractivity contribution < 1.29 is 0 Å². The molecule has 2 aliphatic rings. The second-order valence-corrected chi connectivity index (χ2v) is 3.65. The summed E-state index contributed by atoms with van der Waals surface area (Å²) in [4.78, 5) is 2.64. The molecule has 2 rings (SSSR count). The van der Waals surface area contributed by atoms with Gasteiger partial charge < -0.3 is 0 Å². The van der Waals surface area contributed by atoms with Crippen LogP contribution in [-0.2, 0) is 0 Å². The lowest BCUT2D eigenvalue weighted by molar-refractivity contribution is 0.174. The van der Waals surface area contributed by atoms with Crippen molar-refractivity contribution in [3.8, 4) is 0 Å². The van der Waals surface area contributed by atoms with E-state index in [4.69, 9.17) is 0 Å². The Labute approximate surface area is 69.0 Å². The molecule has 0 bridgehead atoms. The number of piperazine rings is 1. The molecule has 2 fully saturated rings. The summed E-state index contributed by atoms with van der Waals surface area (Å²) in [6, 6.07) is 0.922. The summed E-state index contributed by atoms with van der Waals surface area (Å²) in [6.07, 6.45) is 5.80. The molecule has 2 nitrogen and oxygen atoms in total. The maximum absolute atomic E-state index is 4.36. The molecule has 0 unspecified atom stereocenters. The highest BCUT2D eigenvalue weighted by Gasteiger charge is 2.23. The van der Waals surface area contributed by atoms with Crippen LogP contribution in [0.4, 0.5) is 0 Å². The zero-order valence-corrected chi connectivity index (χ0v) is 7.13. The van der Waals surface area contributed by atoms with Gasteiger partial charge in [0.25, 0.3) is 0 Å². The van der Waals surface area contributed by atoms with Crippen LogP contribution in [0.1, 0.15) is 25.7 Å². The van der Waals surface area contributed by atoms with Gasteiger partial charge in [0.15, 0.2) is 0 Å². The van der Waals surface area contributed by atoms with Crippen LogP contribution in [-0.4, -0.2) is 37.1 Å². The zero-order valence-electron chi connectivity index (χ0n) is 7.13. The van der Waals surface area contributed by atoms with Crippen LogP contribution in [0.3, 0.4) is 0 Å². The number of rotatable bonds is 1. The molecule has 0 aromatic rings. The predicted octanol–water partition coefficient (Wildman–Crippen LogP) is 0.849. The van der Waals surface area contributed by atoms with Gasteiger partial charge in [-0.2, -0.15) is 0 Å². The molecule has 0 amide bonds. The highest BCUT2D eigenvalue weighted by atomic mass is 15.2. The van der Waals surface area contributed by atoms with Gasteiger partial charge >= 0.3 is 0 Å². The van der Waals surface area contributed by atoms with E-state index in [0.717, 1.165) is 19.1 Å². The lowest BCUT2D eigenvalue weighted by Crippen LogP contribution is -2.45. The molecule has 1 saturated carbocycles. The molecule has 11 heavy (non-hydrogen) atoms. The van der Waals surface area contributed by atoms with E-state index in [1.54, 1.807) is 0 Å². The highest BCUT2D eigenvalue weighted by molar-refractivity contribution is 4.80. The van der Waals surface area contributed by atoms with Gasteiger partial charge in [-0.15, -0.1) is 0 Å². The molecule has 0 atom stereocenters. The molecule has 1 saturated heterocycles. The molecule has 1 radical (unpaired) electrons. The minimum Gasteiger partial charge on any atom is -0.298 e. The molecule has 0 spiro atoms. The first kappa shape index (κ1) is 7.56. The first-order valence-electron chi connectivity index (χ1n) is 4.84. The smallest absolute Gasteiger partial charge is 0.0261 e. The van der Waals surface area contributed by atoms with Crippen molar-refractivity contribution in [1.29, 1.82) is 0 Å². The fourth-order valence-electron chi connectivity index (χ4n) is 2.26. The molecular weight excluding hydrogens is 136 g/mol. The van der Waals surface area contributed by atoms with E-state index in [1.807, 2.05) is 0 Å². The first-order chi connectivity index (χ1) is 5.47. The van der Waals surface area contributed by atoms with E-state index in [0.29, 0.717) is 0 Å². The largest absolute Gasteiger partial charge is 0.298 e. The third kappa shape index (κ3) is 1.74. The van der Waals surface area contributed by atoms with Gasteiger partial charge in [-0.3, -0.25) is 4.90 Å². The predicted molar refractivity (Wildman–Crippen MR) is 45.7 cm³/mol. The van der Waals surface area contributed by atoms with E-state index in [-0.39, 0.29) is 0 Å². The molecule has 0 N–H and O–H groups in total. The van der Waals surface area contributed by atoms with E-state index >= 15 is 0 Å². The van der Waals surface area contributed by atoms with Crippen LogP contribution in [0.15, 0.2) is 0 Å². The Morgan fingerprint density at radius 3 is 2.27 bits per heavy atom. The molecule has 2 heteroatoms. The van der Waals surface area contributed by atoms with E-state index in [1.165, 1.54) is 38.8 Å². The van der Waals surface area contributed by atoms with Crippen LogP contribution >= 0.6 is 0 Å². The van der Waals surface area contributed by atoms with Crippen molar-refractivity contribution in [2.75, 3.05) is 26.2 Å². The number of nitrogens with zero attached hydrogens (tertiary/aromatic N) is 2. The van der Waals surface area contributed by atoms with Crippen molar-refractivity contribution in [1.82, 2.24) is 10.2 Å². The number of hydrogen-bond acceptors (Lipinski definition) is 1. The van der Waals surface area contributed by atoms with Gasteiger partial charge in [0.05, 0.1) is 0 Å². The van der Waals surface area contributed by atoms with E-state index in [9.17, 15) is 0 Å². The van der Waals surface area contributed by atoms with Crippen LogP contribution in [0.2, 0.25) is 0 Å². The Bertz CT molecular complexity index is 113. The molecular formula is C9H17N2. The second kappa shape index (κ2) is 3.55. The Kier molecular flexibility index (Phi) is 2.44. The summed E-state index contributed by atoms with van der Waals surface area (Å²) < 4.78 is 0. The van der Waals surface area contributed by atoms with Gasteiger partial charge in [0.2, 0.25) is 0 Å². The average Bonchev–Trinajstić information content (AvgIpc) is 2.58. The molecule has 63 valence electrons. The lowest BCUT2D eigenvalue weighted by atomic mass is 10.2. The molecule has 0 aromatic carbocycles. The quantitative estimate of drug-likeness (QED) is 0.546. The van der Waals surface area contributed by atoms with Gasteiger partial charge in [-0.25, -0.2) is 5.32 Å². The van der Waals surface area contributed by atoms with Crippen molar-refractivity contribution in [3.63, 3.8) is 0 Å². The van der Waals surface area contributed by atoms with Gasteiger partial charge in [-0.05, 0) is 12.8 Å². The topological polar surface area (TPSA) is 17.3 Å². The fraction of sp³-hybridized carbons (Fsp3) is 1.00. The van der Waals surface area contributed by atoms with Crippen molar-refractivity contribution in [2.45, 2.75) is 31.7 Å². The molecule has 0 aromatic heterocycles. The Hall–Kier alpha value is -0.0800. The molecule has 1 aliphatic heterocycles. The minimum absolute atomic E-state index is 0.922. The second-order valence-electron chi connectivity index (χ2n) is 3.65. The Morgan fingerprint density at radius 1 is 1.00 bits per heavy atom. The standard InChI is InChI=1S/C9H17N2/c1-2-4-9(3-1)11-7-5-10-6-8-11/h9H,1-8H2. The third-order valence-electron chi connectivity index (χ3n) is 2.93. The third-order valence-corrected chi connectivity index (χ3v) is 2.93.